The number of aromatic nitrogens is 3. The number of ketones is 1. The highest BCUT2D eigenvalue weighted by molar-refractivity contribution is 7.99. The number of nitrogens with zero attached hydrogens (tertiary/aromatic N) is 3. The molecular formula is C20H20N4O3S. The van der Waals surface area contributed by atoms with Crippen molar-refractivity contribution in [2.24, 2.45) is 7.05 Å². The molecule has 28 heavy (non-hydrogen) atoms. The van der Waals surface area contributed by atoms with Crippen molar-refractivity contribution in [3.63, 3.8) is 0 Å². The average Bonchev–Trinajstić information content (AvgIpc) is 3.06. The molecule has 0 bridgehead atoms. The lowest BCUT2D eigenvalue weighted by atomic mass is 10.1. The molecule has 1 amide bonds. The topological polar surface area (TPSA) is 86.1 Å². The molecule has 1 heterocycles. The second-order valence-corrected chi connectivity index (χ2v) is 7.01. The quantitative estimate of drug-likeness (QED) is 0.486. The van der Waals surface area contributed by atoms with Crippen LogP contribution < -0.4 is 10.1 Å². The van der Waals surface area contributed by atoms with Gasteiger partial charge in [-0.15, -0.1) is 10.2 Å². The number of hydrogen-bond donors (Lipinski definition) is 1. The van der Waals surface area contributed by atoms with E-state index in [0.29, 0.717) is 16.4 Å². The molecule has 7 nitrogen and oxygen atoms in total. The van der Waals surface area contributed by atoms with Crippen LogP contribution in [-0.2, 0) is 11.8 Å². The smallest absolute Gasteiger partial charge is 0.221 e. The third-order valence-corrected chi connectivity index (χ3v) is 5.06. The van der Waals surface area contributed by atoms with Crippen molar-refractivity contribution in [3.05, 3.63) is 54.1 Å². The Bertz CT molecular complexity index is 982. The summed E-state index contributed by atoms with van der Waals surface area (Å²) in [5, 5.41) is 11.8. The van der Waals surface area contributed by atoms with Crippen molar-refractivity contribution in [3.8, 4) is 17.1 Å². The van der Waals surface area contributed by atoms with Crippen molar-refractivity contribution in [2.45, 2.75) is 12.1 Å². The summed E-state index contributed by atoms with van der Waals surface area (Å²) >= 11 is 1.33. The standard InChI is InChI=1S/C20H20N4O3S/c1-13(25)21-16-8-4-14(5-9-16)18(26)12-28-20-23-22-19(24(20)2)15-6-10-17(27-3)11-7-15/h4-11H,12H2,1-3H3,(H,21,25). The van der Waals surface area contributed by atoms with Crippen LogP contribution in [0.25, 0.3) is 11.4 Å². The predicted octanol–water partition coefficient (Wildman–Crippen LogP) is 3.42. The van der Waals surface area contributed by atoms with E-state index in [0.717, 1.165) is 17.1 Å². The first-order valence-electron chi connectivity index (χ1n) is 8.55. The summed E-state index contributed by atoms with van der Waals surface area (Å²) in [6, 6.07) is 14.4. The first-order valence-corrected chi connectivity index (χ1v) is 9.54. The summed E-state index contributed by atoms with van der Waals surface area (Å²) < 4.78 is 7.03. The van der Waals surface area contributed by atoms with Gasteiger partial charge in [-0.2, -0.15) is 0 Å². The van der Waals surface area contributed by atoms with Gasteiger partial charge < -0.3 is 14.6 Å². The zero-order valence-electron chi connectivity index (χ0n) is 15.8. The molecule has 8 heteroatoms. The summed E-state index contributed by atoms with van der Waals surface area (Å²) in [6.45, 7) is 1.44. The van der Waals surface area contributed by atoms with E-state index in [4.69, 9.17) is 4.74 Å². The number of carbonyl (C=O) groups is 2. The van der Waals surface area contributed by atoms with Gasteiger partial charge in [-0.3, -0.25) is 9.59 Å². The van der Waals surface area contributed by atoms with Crippen LogP contribution in [0.15, 0.2) is 53.7 Å². The number of rotatable bonds is 7. The normalized spacial score (nSPS) is 10.5. The number of Topliss-reactive ketones (excluding diaryl/α,β-unsaturated/α-hetero) is 1. The Morgan fingerprint density at radius 3 is 2.36 bits per heavy atom. The van der Waals surface area contributed by atoms with Crippen LogP contribution in [0.5, 0.6) is 5.75 Å². The minimum atomic E-state index is -0.149. The Morgan fingerprint density at radius 2 is 1.75 bits per heavy atom. The zero-order valence-corrected chi connectivity index (χ0v) is 16.6. The molecule has 0 aliphatic carbocycles. The Balaban J connectivity index is 1.65. The largest absolute Gasteiger partial charge is 0.497 e. The van der Waals surface area contributed by atoms with E-state index >= 15 is 0 Å². The minimum Gasteiger partial charge on any atom is -0.497 e. The van der Waals surface area contributed by atoms with Crippen molar-refractivity contribution in [1.82, 2.24) is 14.8 Å². The van der Waals surface area contributed by atoms with Gasteiger partial charge in [0, 0.05) is 30.8 Å². The molecule has 0 saturated heterocycles. The lowest BCUT2D eigenvalue weighted by Gasteiger charge is -2.06. The van der Waals surface area contributed by atoms with E-state index in [1.54, 1.807) is 31.4 Å². The highest BCUT2D eigenvalue weighted by atomic mass is 32.2. The number of anilines is 1. The number of amides is 1. The Morgan fingerprint density at radius 1 is 1.07 bits per heavy atom. The van der Waals surface area contributed by atoms with Gasteiger partial charge in [0.2, 0.25) is 5.91 Å². The number of thioether (sulfide) groups is 1. The third-order valence-electron chi connectivity index (χ3n) is 4.04. The molecule has 0 saturated carbocycles. The van der Waals surface area contributed by atoms with E-state index in [2.05, 4.69) is 15.5 Å². The van der Waals surface area contributed by atoms with Gasteiger partial charge in [0.15, 0.2) is 16.8 Å². The minimum absolute atomic E-state index is 0.0200. The summed E-state index contributed by atoms with van der Waals surface area (Å²) in [5.74, 6) is 1.57. The molecule has 0 unspecified atom stereocenters. The predicted molar refractivity (Wildman–Crippen MR) is 109 cm³/mol. The van der Waals surface area contributed by atoms with Crippen LogP contribution in [-0.4, -0.2) is 39.3 Å². The van der Waals surface area contributed by atoms with Crippen LogP contribution in [0.4, 0.5) is 5.69 Å². The van der Waals surface area contributed by atoms with E-state index in [1.807, 2.05) is 35.9 Å². The SMILES string of the molecule is COc1ccc(-c2nnc(SCC(=O)c3ccc(NC(C)=O)cc3)n2C)cc1. The van der Waals surface area contributed by atoms with Crippen molar-refractivity contribution in [2.75, 3.05) is 18.2 Å². The van der Waals surface area contributed by atoms with Gasteiger partial charge >= 0.3 is 0 Å². The van der Waals surface area contributed by atoms with Crippen molar-refractivity contribution < 1.29 is 14.3 Å². The second kappa shape index (κ2) is 8.71. The molecule has 0 aliphatic rings. The van der Waals surface area contributed by atoms with Gasteiger partial charge in [-0.25, -0.2) is 0 Å². The summed E-state index contributed by atoms with van der Waals surface area (Å²) in [6.07, 6.45) is 0. The molecular weight excluding hydrogens is 376 g/mol. The van der Waals surface area contributed by atoms with Crippen LogP contribution in [0.3, 0.4) is 0 Å². The van der Waals surface area contributed by atoms with Gasteiger partial charge in [-0.1, -0.05) is 11.8 Å². The molecule has 2 aromatic carbocycles. The zero-order chi connectivity index (χ0) is 20.1. The molecule has 0 fully saturated rings. The van der Waals surface area contributed by atoms with Gasteiger partial charge in [0.25, 0.3) is 0 Å². The van der Waals surface area contributed by atoms with Crippen molar-refractivity contribution in [1.29, 1.82) is 0 Å². The Hall–Kier alpha value is -3.13. The van der Waals surface area contributed by atoms with E-state index in [1.165, 1.54) is 18.7 Å². The second-order valence-electron chi connectivity index (χ2n) is 6.06. The summed E-state index contributed by atoms with van der Waals surface area (Å²) in [5.41, 5.74) is 2.16. The molecule has 0 radical (unpaired) electrons. The first kappa shape index (κ1) is 19.6. The number of nitrogens with one attached hydrogen (secondary N) is 1. The van der Waals surface area contributed by atoms with Crippen LogP contribution in [0, 0.1) is 0 Å². The van der Waals surface area contributed by atoms with E-state index in [9.17, 15) is 9.59 Å². The maximum Gasteiger partial charge on any atom is 0.221 e. The van der Waals surface area contributed by atoms with Crippen LogP contribution in [0.2, 0.25) is 0 Å². The maximum absolute atomic E-state index is 12.4. The van der Waals surface area contributed by atoms with E-state index < -0.39 is 0 Å². The van der Waals surface area contributed by atoms with Gasteiger partial charge in [0.1, 0.15) is 5.75 Å². The molecule has 3 rings (SSSR count). The highest BCUT2D eigenvalue weighted by Crippen LogP contribution is 2.25. The monoisotopic (exact) mass is 396 g/mol. The fourth-order valence-corrected chi connectivity index (χ4v) is 3.39. The lowest BCUT2D eigenvalue weighted by molar-refractivity contribution is -0.114. The molecule has 1 N–H and O–H groups in total. The van der Waals surface area contributed by atoms with Crippen LogP contribution in [0.1, 0.15) is 17.3 Å². The Labute approximate surface area is 167 Å². The highest BCUT2D eigenvalue weighted by Gasteiger charge is 2.14. The van der Waals surface area contributed by atoms with Crippen molar-refractivity contribution >= 4 is 29.1 Å². The first-order chi connectivity index (χ1) is 13.5. The molecule has 1 aromatic heterocycles. The third kappa shape index (κ3) is 4.58. The number of carbonyl (C=O) groups excluding carboxylic acids is 2. The summed E-state index contributed by atoms with van der Waals surface area (Å²) in [4.78, 5) is 23.5. The molecule has 3 aromatic rings. The molecule has 0 spiro atoms. The summed E-state index contributed by atoms with van der Waals surface area (Å²) in [7, 11) is 3.49. The average molecular weight is 396 g/mol. The fraction of sp³-hybridized carbons (Fsp3) is 0.200. The molecule has 0 atom stereocenters. The van der Waals surface area contributed by atoms with Gasteiger partial charge in [-0.05, 0) is 48.5 Å². The number of benzene rings is 2. The number of methoxy groups -OCH3 is 1. The Kier molecular flexibility index (Phi) is 6.10. The van der Waals surface area contributed by atoms with E-state index in [-0.39, 0.29) is 17.4 Å². The molecule has 0 aliphatic heterocycles. The van der Waals surface area contributed by atoms with Gasteiger partial charge in [0.05, 0.1) is 12.9 Å². The number of ether oxygens (including phenoxy) is 1. The van der Waals surface area contributed by atoms with Crippen LogP contribution >= 0.6 is 11.8 Å². The fourth-order valence-electron chi connectivity index (χ4n) is 2.59. The number of hydrogen-bond acceptors (Lipinski definition) is 6. The maximum atomic E-state index is 12.4. The molecule has 144 valence electrons. The lowest BCUT2D eigenvalue weighted by Crippen LogP contribution is -2.07.